The van der Waals surface area contributed by atoms with Crippen LogP contribution < -0.4 is 10.6 Å². The zero-order valence-electron chi connectivity index (χ0n) is 14.2. The molecule has 1 atom stereocenters. The van der Waals surface area contributed by atoms with E-state index >= 15 is 0 Å². The molecule has 22 heavy (non-hydrogen) atoms. The Morgan fingerprint density at radius 2 is 1.95 bits per heavy atom. The highest BCUT2D eigenvalue weighted by atomic mass is 16.1. The van der Waals surface area contributed by atoms with Gasteiger partial charge < -0.3 is 15.5 Å². The van der Waals surface area contributed by atoms with Gasteiger partial charge in [0, 0.05) is 25.7 Å². The first kappa shape index (κ1) is 17.1. The van der Waals surface area contributed by atoms with Crippen LogP contribution in [0.2, 0.25) is 0 Å². The second-order valence-corrected chi connectivity index (χ2v) is 6.77. The van der Waals surface area contributed by atoms with Crippen LogP contribution in [0.15, 0.2) is 4.99 Å². The maximum atomic E-state index is 12.1. The molecule has 0 radical (unpaired) electrons. The third kappa shape index (κ3) is 5.50. The third-order valence-electron chi connectivity index (χ3n) is 4.63. The lowest BCUT2D eigenvalue weighted by Crippen LogP contribution is -2.47. The number of nitrogens with zero attached hydrogens (tertiary/aromatic N) is 2. The first-order chi connectivity index (χ1) is 10.7. The number of likely N-dealkylation sites (tertiary alicyclic amines) is 1. The van der Waals surface area contributed by atoms with Crippen molar-refractivity contribution in [3.8, 4) is 0 Å². The zero-order chi connectivity index (χ0) is 15.8. The Morgan fingerprint density at radius 1 is 1.18 bits per heavy atom. The van der Waals surface area contributed by atoms with Crippen molar-refractivity contribution in [2.24, 2.45) is 10.9 Å². The quantitative estimate of drug-likeness (QED) is 0.618. The molecule has 2 fully saturated rings. The number of carbonyl (C=O) groups excluding carboxylic acids is 1. The summed E-state index contributed by atoms with van der Waals surface area (Å²) in [6.07, 6.45) is 8.53. The number of guanidine groups is 1. The van der Waals surface area contributed by atoms with E-state index in [0.717, 1.165) is 38.4 Å². The molecule has 1 unspecified atom stereocenters. The Bertz CT molecular complexity index is 377. The van der Waals surface area contributed by atoms with Gasteiger partial charge in [-0.1, -0.05) is 26.2 Å². The molecule has 5 nitrogen and oxygen atoms in total. The smallest absolute Gasteiger partial charge is 0.242 e. The van der Waals surface area contributed by atoms with Gasteiger partial charge in [0.2, 0.25) is 5.91 Å². The van der Waals surface area contributed by atoms with Gasteiger partial charge >= 0.3 is 0 Å². The molecule has 2 aliphatic rings. The molecule has 1 aliphatic heterocycles. The number of hydrogen-bond acceptors (Lipinski definition) is 2. The fourth-order valence-corrected chi connectivity index (χ4v) is 3.47. The summed E-state index contributed by atoms with van der Waals surface area (Å²) in [4.78, 5) is 19.0. The minimum absolute atomic E-state index is 0.0624. The van der Waals surface area contributed by atoms with E-state index in [4.69, 9.17) is 0 Å². The first-order valence-electron chi connectivity index (χ1n) is 9.01. The molecule has 1 amide bonds. The number of piperidine rings is 1. The second-order valence-electron chi connectivity index (χ2n) is 6.77. The van der Waals surface area contributed by atoms with Crippen molar-refractivity contribution in [2.75, 3.05) is 26.2 Å². The van der Waals surface area contributed by atoms with Crippen LogP contribution >= 0.6 is 0 Å². The average molecular weight is 308 g/mol. The van der Waals surface area contributed by atoms with Crippen molar-refractivity contribution in [1.82, 2.24) is 15.5 Å². The molecule has 0 spiro atoms. The van der Waals surface area contributed by atoms with Gasteiger partial charge in [0.25, 0.3) is 0 Å². The molecule has 1 saturated carbocycles. The zero-order valence-corrected chi connectivity index (χ0v) is 14.2. The molecule has 2 rings (SSSR count). The average Bonchev–Trinajstić information content (AvgIpc) is 2.52. The van der Waals surface area contributed by atoms with E-state index in [1.807, 2.05) is 0 Å². The molecule has 2 N–H and O–H groups in total. The summed E-state index contributed by atoms with van der Waals surface area (Å²) in [5.74, 6) is 1.66. The molecular formula is C17H32N4O. The normalized spacial score (nSPS) is 24.2. The van der Waals surface area contributed by atoms with Gasteiger partial charge in [-0.2, -0.15) is 0 Å². The van der Waals surface area contributed by atoms with E-state index in [-0.39, 0.29) is 12.5 Å². The highest BCUT2D eigenvalue weighted by Gasteiger charge is 2.20. The predicted octanol–water partition coefficient (Wildman–Crippen LogP) is 2.13. The van der Waals surface area contributed by atoms with Crippen molar-refractivity contribution >= 4 is 11.9 Å². The molecule has 0 aromatic rings. The molecular weight excluding hydrogens is 276 g/mol. The summed E-state index contributed by atoms with van der Waals surface area (Å²) in [7, 11) is 0. The maximum absolute atomic E-state index is 12.1. The Balaban J connectivity index is 1.84. The number of nitrogens with one attached hydrogen (secondary N) is 2. The molecule has 126 valence electrons. The van der Waals surface area contributed by atoms with E-state index in [2.05, 4.69) is 34.4 Å². The van der Waals surface area contributed by atoms with Crippen LogP contribution in [0.25, 0.3) is 0 Å². The van der Waals surface area contributed by atoms with Gasteiger partial charge in [-0.3, -0.25) is 4.79 Å². The summed E-state index contributed by atoms with van der Waals surface area (Å²) in [6.45, 7) is 7.52. The number of rotatable bonds is 4. The van der Waals surface area contributed by atoms with Crippen LogP contribution in [0.1, 0.15) is 58.8 Å². The maximum Gasteiger partial charge on any atom is 0.242 e. The monoisotopic (exact) mass is 308 g/mol. The highest BCUT2D eigenvalue weighted by Crippen LogP contribution is 2.17. The van der Waals surface area contributed by atoms with Gasteiger partial charge in [0.15, 0.2) is 5.96 Å². The number of hydrogen-bond donors (Lipinski definition) is 2. The molecule has 1 saturated heterocycles. The standard InChI is InChI=1S/C17H32N4O/c1-3-18-17(21-11-7-8-14(2)13-21)19-12-16(22)20-15-9-5-4-6-10-15/h14-15H,3-13H2,1-2H3,(H,18,19)(H,20,22). The van der Waals surface area contributed by atoms with Crippen LogP contribution in [0.3, 0.4) is 0 Å². The van der Waals surface area contributed by atoms with Crippen molar-refractivity contribution in [3.63, 3.8) is 0 Å². The highest BCUT2D eigenvalue weighted by molar-refractivity contribution is 5.85. The molecule has 0 aromatic heterocycles. The lowest BCUT2D eigenvalue weighted by atomic mass is 9.95. The number of amides is 1. The fourth-order valence-electron chi connectivity index (χ4n) is 3.47. The third-order valence-corrected chi connectivity index (χ3v) is 4.63. The Labute approximate surface area is 134 Å². The van der Waals surface area contributed by atoms with Crippen molar-refractivity contribution in [1.29, 1.82) is 0 Å². The Hall–Kier alpha value is -1.26. The van der Waals surface area contributed by atoms with Gasteiger partial charge in [0.05, 0.1) is 0 Å². The van der Waals surface area contributed by atoms with Crippen LogP contribution in [0.5, 0.6) is 0 Å². The SMILES string of the molecule is CCNC(=NCC(=O)NC1CCCCC1)N1CCCC(C)C1. The molecule has 0 bridgehead atoms. The Kier molecular flexibility index (Phi) is 7.00. The fraction of sp³-hybridized carbons (Fsp3) is 0.882. The van der Waals surface area contributed by atoms with Crippen molar-refractivity contribution < 1.29 is 4.79 Å². The molecule has 1 aliphatic carbocycles. The van der Waals surface area contributed by atoms with Crippen LogP contribution in [0, 0.1) is 5.92 Å². The van der Waals surface area contributed by atoms with E-state index in [9.17, 15) is 4.79 Å². The van der Waals surface area contributed by atoms with E-state index in [0.29, 0.717) is 12.0 Å². The van der Waals surface area contributed by atoms with Crippen molar-refractivity contribution in [2.45, 2.75) is 64.8 Å². The minimum atomic E-state index is 0.0624. The van der Waals surface area contributed by atoms with Gasteiger partial charge in [0.1, 0.15) is 6.54 Å². The lowest BCUT2D eigenvalue weighted by molar-refractivity contribution is -0.120. The minimum Gasteiger partial charge on any atom is -0.357 e. The summed E-state index contributed by atoms with van der Waals surface area (Å²) in [6, 6.07) is 0.369. The van der Waals surface area contributed by atoms with Gasteiger partial charge in [-0.15, -0.1) is 0 Å². The second kappa shape index (κ2) is 9.01. The summed E-state index contributed by atoms with van der Waals surface area (Å²) >= 11 is 0. The van der Waals surface area contributed by atoms with E-state index in [1.54, 1.807) is 0 Å². The molecule has 5 heteroatoms. The largest absolute Gasteiger partial charge is 0.357 e. The van der Waals surface area contributed by atoms with E-state index in [1.165, 1.54) is 32.1 Å². The predicted molar refractivity (Wildman–Crippen MR) is 91.0 cm³/mol. The molecule has 0 aromatic carbocycles. The van der Waals surface area contributed by atoms with Gasteiger partial charge in [-0.25, -0.2) is 4.99 Å². The van der Waals surface area contributed by atoms with Crippen LogP contribution in [0.4, 0.5) is 0 Å². The summed E-state index contributed by atoms with van der Waals surface area (Å²) in [5, 5.41) is 6.46. The lowest BCUT2D eigenvalue weighted by Gasteiger charge is -2.33. The molecule has 1 heterocycles. The number of carbonyl (C=O) groups is 1. The van der Waals surface area contributed by atoms with Crippen molar-refractivity contribution in [3.05, 3.63) is 0 Å². The topological polar surface area (TPSA) is 56.7 Å². The summed E-state index contributed by atoms with van der Waals surface area (Å²) < 4.78 is 0. The Morgan fingerprint density at radius 3 is 2.64 bits per heavy atom. The number of aliphatic imine (C=N–C) groups is 1. The van der Waals surface area contributed by atoms with E-state index < -0.39 is 0 Å². The first-order valence-corrected chi connectivity index (χ1v) is 9.01. The van der Waals surface area contributed by atoms with Crippen LogP contribution in [-0.4, -0.2) is 49.0 Å². The van der Waals surface area contributed by atoms with Gasteiger partial charge in [-0.05, 0) is 38.5 Å². The van der Waals surface area contributed by atoms with Crippen LogP contribution in [-0.2, 0) is 4.79 Å². The summed E-state index contributed by atoms with van der Waals surface area (Å²) in [5.41, 5.74) is 0.